The highest BCUT2D eigenvalue weighted by molar-refractivity contribution is 5.77. The van der Waals surface area contributed by atoms with Crippen LogP contribution in [0.2, 0.25) is 0 Å². The van der Waals surface area contributed by atoms with Gasteiger partial charge in [-0.1, -0.05) is 0 Å². The van der Waals surface area contributed by atoms with Gasteiger partial charge >= 0.3 is 5.97 Å². The summed E-state index contributed by atoms with van der Waals surface area (Å²) in [5.41, 5.74) is 1.09. The van der Waals surface area contributed by atoms with Crippen LogP contribution < -0.4 is 10.2 Å². The second-order valence-corrected chi connectivity index (χ2v) is 4.56. The predicted molar refractivity (Wildman–Crippen MR) is 68.6 cm³/mol. The molecule has 1 aliphatic rings. The summed E-state index contributed by atoms with van der Waals surface area (Å²) in [5.74, 6) is -1.27. The maximum absolute atomic E-state index is 13.9. The molecule has 5 heteroatoms. The molecule has 98 valence electrons. The van der Waals surface area contributed by atoms with E-state index in [0.717, 1.165) is 25.9 Å². The quantitative estimate of drug-likeness (QED) is 0.863. The lowest BCUT2D eigenvalue weighted by molar-refractivity contribution is -0.137. The summed E-state index contributed by atoms with van der Waals surface area (Å²) in [6.45, 7) is 3.29. The smallest absolute Gasteiger partial charge is 0.325 e. The average Bonchev–Trinajstić information content (AvgIpc) is 2.82. The molecule has 2 rings (SSSR count). The van der Waals surface area contributed by atoms with Crippen molar-refractivity contribution in [3.05, 3.63) is 24.0 Å². The van der Waals surface area contributed by atoms with Gasteiger partial charge < -0.3 is 15.3 Å². The van der Waals surface area contributed by atoms with Crippen LogP contribution in [0.15, 0.2) is 18.2 Å². The van der Waals surface area contributed by atoms with E-state index >= 15 is 0 Å². The summed E-state index contributed by atoms with van der Waals surface area (Å²) in [4.78, 5) is 12.7. The molecule has 1 saturated heterocycles. The van der Waals surface area contributed by atoms with E-state index in [1.165, 1.54) is 13.0 Å². The van der Waals surface area contributed by atoms with Crippen molar-refractivity contribution in [2.24, 2.45) is 0 Å². The monoisotopic (exact) mass is 252 g/mol. The van der Waals surface area contributed by atoms with E-state index in [9.17, 15) is 9.18 Å². The molecule has 4 nitrogen and oxygen atoms in total. The summed E-state index contributed by atoms with van der Waals surface area (Å²) >= 11 is 0. The van der Waals surface area contributed by atoms with Crippen LogP contribution in [0.25, 0.3) is 0 Å². The lowest BCUT2D eigenvalue weighted by atomic mass is 10.2. The second-order valence-electron chi connectivity index (χ2n) is 4.56. The number of carboxylic acids is 1. The second kappa shape index (κ2) is 5.25. The van der Waals surface area contributed by atoms with E-state index in [0.29, 0.717) is 11.4 Å². The van der Waals surface area contributed by atoms with Gasteiger partial charge in [-0.3, -0.25) is 4.79 Å². The minimum Gasteiger partial charge on any atom is -0.480 e. The maximum Gasteiger partial charge on any atom is 0.325 e. The van der Waals surface area contributed by atoms with Gasteiger partial charge in [-0.2, -0.15) is 0 Å². The minimum absolute atomic E-state index is 0.306. The molecule has 1 aromatic carbocycles. The largest absolute Gasteiger partial charge is 0.480 e. The Bertz CT molecular complexity index is 445. The third-order valence-corrected chi connectivity index (χ3v) is 3.15. The Balaban J connectivity index is 2.11. The van der Waals surface area contributed by atoms with Crippen molar-refractivity contribution in [1.29, 1.82) is 0 Å². The topological polar surface area (TPSA) is 52.6 Å². The number of hydrogen-bond donors (Lipinski definition) is 2. The van der Waals surface area contributed by atoms with Gasteiger partial charge in [0, 0.05) is 18.8 Å². The first kappa shape index (κ1) is 12.7. The van der Waals surface area contributed by atoms with Gasteiger partial charge in [-0.15, -0.1) is 0 Å². The summed E-state index contributed by atoms with van der Waals surface area (Å²) in [5, 5.41) is 11.5. The van der Waals surface area contributed by atoms with Crippen LogP contribution in [0.3, 0.4) is 0 Å². The van der Waals surface area contributed by atoms with Gasteiger partial charge in [-0.25, -0.2) is 4.39 Å². The fourth-order valence-corrected chi connectivity index (χ4v) is 2.12. The van der Waals surface area contributed by atoms with Crippen molar-refractivity contribution in [2.45, 2.75) is 25.8 Å². The Labute approximate surface area is 105 Å². The summed E-state index contributed by atoms with van der Waals surface area (Å²) in [6.07, 6.45) is 2.19. The number of nitrogens with one attached hydrogen (secondary N) is 1. The Hall–Kier alpha value is -1.78. The summed E-state index contributed by atoms with van der Waals surface area (Å²) < 4.78 is 13.9. The number of carboxylic acid groups (broad SMARTS) is 1. The van der Waals surface area contributed by atoms with E-state index < -0.39 is 12.0 Å². The van der Waals surface area contributed by atoms with Crippen LogP contribution in [0.1, 0.15) is 19.8 Å². The van der Waals surface area contributed by atoms with Gasteiger partial charge in [0.15, 0.2) is 0 Å². The molecule has 0 saturated carbocycles. The van der Waals surface area contributed by atoms with Crippen LogP contribution in [-0.2, 0) is 4.79 Å². The van der Waals surface area contributed by atoms with Crippen LogP contribution >= 0.6 is 0 Å². The van der Waals surface area contributed by atoms with E-state index in [4.69, 9.17) is 5.11 Å². The zero-order valence-corrected chi connectivity index (χ0v) is 10.3. The highest BCUT2D eigenvalue weighted by atomic mass is 19.1. The molecular formula is C13H17FN2O2. The van der Waals surface area contributed by atoms with Crippen LogP contribution in [0, 0.1) is 5.82 Å². The van der Waals surface area contributed by atoms with E-state index in [-0.39, 0.29) is 5.82 Å². The van der Waals surface area contributed by atoms with Crippen molar-refractivity contribution < 1.29 is 14.3 Å². The third-order valence-electron chi connectivity index (χ3n) is 3.15. The van der Waals surface area contributed by atoms with E-state index in [1.54, 1.807) is 12.1 Å². The van der Waals surface area contributed by atoms with Gasteiger partial charge in [0.05, 0.1) is 5.69 Å². The van der Waals surface area contributed by atoms with Crippen LogP contribution in [0.5, 0.6) is 0 Å². The molecule has 1 atom stereocenters. The van der Waals surface area contributed by atoms with Crippen molar-refractivity contribution in [3.63, 3.8) is 0 Å². The first-order valence-corrected chi connectivity index (χ1v) is 6.12. The number of nitrogens with zero attached hydrogens (tertiary/aromatic N) is 1. The molecule has 1 aliphatic heterocycles. The number of carbonyl (C=O) groups is 1. The molecule has 0 radical (unpaired) electrons. The van der Waals surface area contributed by atoms with Crippen molar-refractivity contribution in [1.82, 2.24) is 0 Å². The highest BCUT2D eigenvalue weighted by Gasteiger charge is 2.17. The lowest BCUT2D eigenvalue weighted by Gasteiger charge is -2.19. The number of hydrogen-bond acceptors (Lipinski definition) is 3. The van der Waals surface area contributed by atoms with Crippen molar-refractivity contribution in [2.75, 3.05) is 23.3 Å². The van der Waals surface area contributed by atoms with Crippen molar-refractivity contribution >= 4 is 17.3 Å². The van der Waals surface area contributed by atoms with Crippen molar-refractivity contribution in [3.8, 4) is 0 Å². The highest BCUT2D eigenvalue weighted by Crippen LogP contribution is 2.26. The molecular weight excluding hydrogens is 235 g/mol. The maximum atomic E-state index is 13.9. The first-order valence-electron chi connectivity index (χ1n) is 6.12. The van der Waals surface area contributed by atoms with Gasteiger partial charge in [-0.05, 0) is 38.0 Å². The minimum atomic E-state index is -0.959. The fraction of sp³-hybridized carbons (Fsp3) is 0.462. The molecule has 0 bridgehead atoms. The number of rotatable bonds is 4. The van der Waals surface area contributed by atoms with Crippen LogP contribution in [0.4, 0.5) is 15.8 Å². The Kier molecular flexibility index (Phi) is 3.69. The average molecular weight is 252 g/mol. The third kappa shape index (κ3) is 2.72. The van der Waals surface area contributed by atoms with Gasteiger partial charge in [0.2, 0.25) is 0 Å². The fourth-order valence-electron chi connectivity index (χ4n) is 2.12. The SMILES string of the molecule is CC(Nc1ccc(N2CCCC2)c(F)c1)C(=O)O. The number of benzene rings is 1. The molecule has 1 unspecified atom stereocenters. The number of anilines is 2. The number of aliphatic carboxylic acids is 1. The Morgan fingerprint density at radius 1 is 1.44 bits per heavy atom. The number of halogens is 1. The Morgan fingerprint density at radius 3 is 2.67 bits per heavy atom. The molecule has 0 aliphatic carbocycles. The Morgan fingerprint density at radius 2 is 2.11 bits per heavy atom. The molecule has 0 spiro atoms. The molecule has 18 heavy (non-hydrogen) atoms. The summed E-state index contributed by atoms with van der Waals surface area (Å²) in [6, 6.07) is 4.04. The molecule has 1 fully saturated rings. The molecule has 0 aromatic heterocycles. The summed E-state index contributed by atoms with van der Waals surface area (Å²) in [7, 11) is 0. The van der Waals surface area contributed by atoms with E-state index in [2.05, 4.69) is 5.32 Å². The zero-order valence-electron chi connectivity index (χ0n) is 10.3. The van der Waals surface area contributed by atoms with Crippen LogP contribution in [-0.4, -0.2) is 30.2 Å². The van der Waals surface area contributed by atoms with Gasteiger partial charge in [0.1, 0.15) is 11.9 Å². The normalized spacial score (nSPS) is 16.7. The molecule has 1 aromatic rings. The first-order chi connectivity index (χ1) is 8.58. The zero-order chi connectivity index (χ0) is 13.1. The van der Waals surface area contributed by atoms with E-state index in [1.807, 2.05) is 4.90 Å². The molecule has 0 amide bonds. The predicted octanol–water partition coefficient (Wildman–Crippen LogP) is 2.31. The molecule has 2 N–H and O–H groups in total. The lowest BCUT2D eigenvalue weighted by Crippen LogP contribution is -2.25. The van der Waals surface area contributed by atoms with Gasteiger partial charge in [0.25, 0.3) is 0 Å². The standard InChI is InChI=1S/C13H17FN2O2/c1-9(13(17)18)15-10-4-5-12(11(14)8-10)16-6-2-3-7-16/h4-5,8-9,15H,2-3,6-7H2,1H3,(H,17,18). The molecule has 1 heterocycles.